The van der Waals surface area contributed by atoms with Gasteiger partial charge in [0.2, 0.25) is 5.91 Å². The number of benzene rings is 2. The summed E-state index contributed by atoms with van der Waals surface area (Å²) in [6, 6.07) is 12.7. The van der Waals surface area contributed by atoms with Crippen LogP contribution in [0.3, 0.4) is 0 Å². The van der Waals surface area contributed by atoms with Gasteiger partial charge in [-0.05, 0) is 49.1 Å². The highest BCUT2D eigenvalue weighted by Crippen LogP contribution is 2.30. The molecular formula is C23H27F3N2O3. The van der Waals surface area contributed by atoms with Gasteiger partial charge in [0.1, 0.15) is 6.61 Å². The van der Waals surface area contributed by atoms with Gasteiger partial charge < -0.3 is 19.7 Å². The number of rotatable bonds is 9. The molecule has 0 aromatic heterocycles. The first kappa shape index (κ1) is 22.9. The lowest BCUT2D eigenvalue weighted by atomic mass is 10.0. The molecular weight excluding hydrogens is 409 g/mol. The number of hydrogen-bond donors (Lipinski definition) is 1. The van der Waals surface area contributed by atoms with Crippen LogP contribution >= 0.6 is 0 Å². The first-order valence-corrected chi connectivity index (χ1v) is 10.3. The van der Waals surface area contributed by atoms with Gasteiger partial charge in [0.05, 0.1) is 0 Å². The molecule has 168 valence electrons. The number of para-hydroxylation sites is 2. The maximum absolute atomic E-state index is 12.4. The number of fused-ring (bicyclic) bond motifs is 1. The Kier molecular flexibility index (Phi) is 7.43. The Labute approximate surface area is 180 Å². The van der Waals surface area contributed by atoms with E-state index in [2.05, 4.69) is 18.3 Å². The van der Waals surface area contributed by atoms with Crippen LogP contribution in [0.4, 0.5) is 18.9 Å². The van der Waals surface area contributed by atoms with Gasteiger partial charge in [0.15, 0.2) is 18.1 Å². The van der Waals surface area contributed by atoms with Gasteiger partial charge in [0.25, 0.3) is 0 Å². The number of carbonyl (C=O) groups excluding carboxylic acids is 1. The second-order valence-electron chi connectivity index (χ2n) is 7.64. The Bertz CT molecular complexity index is 902. The van der Waals surface area contributed by atoms with E-state index in [0.717, 1.165) is 25.1 Å². The number of hydrogen-bond acceptors (Lipinski definition) is 4. The van der Waals surface area contributed by atoms with E-state index in [1.165, 1.54) is 17.2 Å². The fourth-order valence-electron chi connectivity index (χ4n) is 3.65. The van der Waals surface area contributed by atoms with Gasteiger partial charge in [-0.25, -0.2) is 0 Å². The molecule has 1 atom stereocenters. The molecule has 0 saturated carbocycles. The Morgan fingerprint density at radius 3 is 2.55 bits per heavy atom. The van der Waals surface area contributed by atoms with Crippen LogP contribution in [0.2, 0.25) is 0 Å². The normalized spacial score (nSPS) is 14.3. The zero-order valence-corrected chi connectivity index (χ0v) is 17.7. The summed E-state index contributed by atoms with van der Waals surface area (Å²) in [6.45, 7) is 3.86. The fraction of sp³-hybridized carbons (Fsp3) is 0.435. The zero-order valence-electron chi connectivity index (χ0n) is 17.7. The number of alkyl halides is 3. The Morgan fingerprint density at radius 2 is 1.87 bits per heavy atom. The highest BCUT2D eigenvalue weighted by atomic mass is 19.4. The quantitative estimate of drug-likeness (QED) is 0.601. The third kappa shape index (κ3) is 6.62. The minimum Gasteiger partial charge on any atom is -0.488 e. The van der Waals surface area contributed by atoms with E-state index in [1.807, 2.05) is 12.1 Å². The number of halogens is 3. The predicted molar refractivity (Wildman–Crippen MR) is 113 cm³/mol. The predicted octanol–water partition coefficient (Wildman–Crippen LogP) is 4.14. The molecule has 8 heteroatoms. The van der Waals surface area contributed by atoms with Gasteiger partial charge >= 0.3 is 6.18 Å². The van der Waals surface area contributed by atoms with Crippen LogP contribution in [0.5, 0.6) is 11.5 Å². The summed E-state index contributed by atoms with van der Waals surface area (Å²) in [7, 11) is 0. The molecule has 1 heterocycles. The van der Waals surface area contributed by atoms with Crippen molar-refractivity contribution in [2.24, 2.45) is 0 Å². The summed E-state index contributed by atoms with van der Waals surface area (Å²) < 4.78 is 47.6. The van der Waals surface area contributed by atoms with Crippen molar-refractivity contribution in [3.8, 4) is 11.5 Å². The molecule has 1 N–H and O–H groups in total. The van der Waals surface area contributed by atoms with Gasteiger partial charge in [-0.3, -0.25) is 4.79 Å². The molecule has 1 amide bonds. The van der Waals surface area contributed by atoms with Crippen molar-refractivity contribution in [3.05, 3.63) is 53.6 Å². The molecule has 0 spiro atoms. The summed E-state index contributed by atoms with van der Waals surface area (Å²) in [6.07, 6.45) is -2.71. The largest absolute Gasteiger partial charge is 0.488 e. The summed E-state index contributed by atoms with van der Waals surface area (Å²) in [5.41, 5.74) is 3.38. The molecule has 5 nitrogen and oxygen atoms in total. The van der Waals surface area contributed by atoms with Crippen LogP contribution in [0.15, 0.2) is 42.5 Å². The minimum absolute atomic E-state index is 0.0620. The Balaban J connectivity index is 1.44. The van der Waals surface area contributed by atoms with E-state index in [1.54, 1.807) is 30.0 Å². The second-order valence-corrected chi connectivity index (χ2v) is 7.64. The summed E-state index contributed by atoms with van der Waals surface area (Å²) >= 11 is 0. The molecule has 1 aliphatic heterocycles. The molecule has 2 aromatic carbocycles. The molecule has 3 rings (SSSR count). The smallest absolute Gasteiger partial charge is 0.422 e. The van der Waals surface area contributed by atoms with Crippen molar-refractivity contribution in [1.82, 2.24) is 5.32 Å². The van der Waals surface area contributed by atoms with Crippen molar-refractivity contribution in [2.45, 2.75) is 38.9 Å². The average molecular weight is 436 g/mol. The van der Waals surface area contributed by atoms with Crippen LogP contribution in [0, 0.1) is 0 Å². The van der Waals surface area contributed by atoms with Crippen LogP contribution in [-0.4, -0.2) is 44.4 Å². The monoisotopic (exact) mass is 436 g/mol. The summed E-state index contributed by atoms with van der Waals surface area (Å²) in [5.74, 6) is 0.424. The van der Waals surface area contributed by atoms with Crippen molar-refractivity contribution in [1.29, 1.82) is 0 Å². The molecule has 1 unspecified atom stereocenters. The van der Waals surface area contributed by atoms with E-state index in [4.69, 9.17) is 9.47 Å². The maximum Gasteiger partial charge on any atom is 0.422 e. The maximum atomic E-state index is 12.4. The SMILES string of the molecule is CC(=O)N1CCc2cc(CC(C)NCCOc3ccccc3OCC(F)(F)F)ccc21. The number of nitrogens with zero attached hydrogens (tertiary/aromatic N) is 1. The summed E-state index contributed by atoms with van der Waals surface area (Å²) in [4.78, 5) is 13.5. The lowest BCUT2D eigenvalue weighted by Gasteiger charge is -2.17. The number of anilines is 1. The van der Waals surface area contributed by atoms with E-state index >= 15 is 0 Å². The zero-order chi connectivity index (χ0) is 22.4. The Morgan fingerprint density at radius 1 is 1.16 bits per heavy atom. The number of nitrogens with one attached hydrogen (secondary N) is 1. The highest BCUT2D eigenvalue weighted by Gasteiger charge is 2.29. The third-order valence-electron chi connectivity index (χ3n) is 5.05. The van der Waals surface area contributed by atoms with E-state index in [-0.39, 0.29) is 23.4 Å². The molecule has 0 bridgehead atoms. The molecule has 31 heavy (non-hydrogen) atoms. The fourth-order valence-corrected chi connectivity index (χ4v) is 3.65. The molecule has 2 aromatic rings. The van der Waals surface area contributed by atoms with Crippen LogP contribution in [0.25, 0.3) is 0 Å². The molecule has 0 radical (unpaired) electrons. The van der Waals surface area contributed by atoms with Crippen LogP contribution < -0.4 is 19.7 Å². The van der Waals surface area contributed by atoms with E-state index in [0.29, 0.717) is 13.2 Å². The minimum atomic E-state index is -4.40. The number of carbonyl (C=O) groups is 1. The van der Waals surface area contributed by atoms with Crippen molar-refractivity contribution in [3.63, 3.8) is 0 Å². The molecule has 1 aliphatic rings. The van der Waals surface area contributed by atoms with Crippen molar-refractivity contribution < 1.29 is 27.4 Å². The lowest BCUT2D eigenvalue weighted by molar-refractivity contribution is -0.153. The Hall–Kier alpha value is -2.74. The topological polar surface area (TPSA) is 50.8 Å². The average Bonchev–Trinajstić information content (AvgIpc) is 3.13. The van der Waals surface area contributed by atoms with E-state index < -0.39 is 12.8 Å². The van der Waals surface area contributed by atoms with Crippen LogP contribution in [0.1, 0.15) is 25.0 Å². The van der Waals surface area contributed by atoms with Gasteiger partial charge in [-0.1, -0.05) is 24.3 Å². The lowest BCUT2D eigenvalue weighted by Crippen LogP contribution is -2.32. The second kappa shape index (κ2) is 10.0. The number of amides is 1. The van der Waals surface area contributed by atoms with Crippen molar-refractivity contribution >= 4 is 11.6 Å². The number of ether oxygens (including phenoxy) is 2. The van der Waals surface area contributed by atoms with Crippen LogP contribution in [-0.2, 0) is 17.6 Å². The standard InChI is InChI=1S/C23H27F3N2O3/c1-16(13-18-7-8-20-19(14-18)9-11-28(20)17(2)29)27-10-12-30-21-5-3-4-6-22(21)31-15-23(24,25)26/h3-8,14,16,27H,9-13,15H2,1-2H3. The third-order valence-corrected chi connectivity index (χ3v) is 5.05. The molecule has 0 saturated heterocycles. The van der Waals surface area contributed by atoms with Gasteiger partial charge in [-0.15, -0.1) is 0 Å². The van der Waals surface area contributed by atoms with Gasteiger partial charge in [-0.2, -0.15) is 13.2 Å². The van der Waals surface area contributed by atoms with E-state index in [9.17, 15) is 18.0 Å². The van der Waals surface area contributed by atoms with Crippen molar-refractivity contribution in [2.75, 3.05) is 31.2 Å². The highest BCUT2D eigenvalue weighted by molar-refractivity contribution is 5.93. The molecule has 0 fully saturated rings. The van der Waals surface area contributed by atoms with Gasteiger partial charge in [0, 0.05) is 31.7 Å². The molecule has 0 aliphatic carbocycles. The first-order valence-electron chi connectivity index (χ1n) is 10.3. The summed E-state index contributed by atoms with van der Waals surface area (Å²) in [5, 5.41) is 3.36. The first-order chi connectivity index (χ1) is 14.7.